The third-order valence-corrected chi connectivity index (χ3v) is 2.75. The zero-order chi connectivity index (χ0) is 12.0. The molecule has 5 nitrogen and oxygen atoms in total. The first-order valence-electron chi connectivity index (χ1n) is 5.83. The molecule has 0 spiro atoms. The summed E-state index contributed by atoms with van der Waals surface area (Å²) in [5, 5.41) is 8.98. The van der Waals surface area contributed by atoms with Crippen LogP contribution in [-0.4, -0.2) is 41.3 Å². The van der Waals surface area contributed by atoms with E-state index in [4.69, 9.17) is 9.84 Å². The van der Waals surface area contributed by atoms with E-state index in [-0.39, 0.29) is 0 Å². The average Bonchev–Trinajstić information content (AvgIpc) is 2.29. The summed E-state index contributed by atoms with van der Waals surface area (Å²) < 4.78 is 5.03. The van der Waals surface area contributed by atoms with Crippen LogP contribution >= 0.6 is 0 Å². The molecule has 1 saturated heterocycles. The first-order valence-corrected chi connectivity index (χ1v) is 5.83. The van der Waals surface area contributed by atoms with Gasteiger partial charge in [0.15, 0.2) is 0 Å². The Morgan fingerprint density at radius 3 is 2.81 bits per heavy atom. The Hall–Kier alpha value is -1.26. The fraction of sp³-hybridized carbons (Fsp3) is 0.818. The number of carboxylic acids is 1. The summed E-state index contributed by atoms with van der Waals surface area (Å²) in [4.78, 5) is 23.9. The highest BCUT2D eigenvalue weighted by Gasteiger charge is 2.32. The van der Waals surface area contributed by atoms with Gasteiger partial charge in [0.05, 0.1) is 6.61 Å². The number of amides is 1. The number of hydrogen-bond acceptors (Lipinski definition) is 3. The minimum Gasteiger partial charge on any atom is -0.480 e. The van der Waals surface area contributed by atoms with Crippen LogP contribution in [0.15, 0.2) is 0 Å². The number of piperidine rings is 1. The van der Waals surface area contributed by atoms with Crippen molar-refractivity contribution in [1.29, 1.82) is 0 Å². The van der Waals surface area contributed by atoms with Crippen LogP contribution in [0.25, 0.3) is 0 Å². The van der Waals surface area contributed by atoms with Gasteiger partial charge in [0.25, 0.3) is 0 Å². The highest BCUT2D eigenvalue weighted by Crippen LogP contribution is 2.18. The molecule has 1 aliphatic rings. The van der Waals surface area contributed by atoms with Crippen LogP contribution in [0.3, 0.4) is 0 Å². The normalized spacial score (nSPS) is 20.6. The number of ether oxygens (including phenoxy) is 1. The van der Waals surface area contributed by atoms with E-state index >= 15 is 0 Å². The lowest BCUT2D eigenvalue weighted by Gasteiger charge is -2.31. The van der Waals surface area contributed by atoms with Crippen LogP contribution in [-0.2, 0) is 9.53 Å². The van der Waals surface area contributed by atoms with Crippen molar-refractivity contribution < 1.29 is 19.4 Å². The van der Waals surface area contributed by atoms with Gasteiger partial charge in [-0.25, -0.2) is 9.59 Å². The molecular weight excluding hydrogens is 210 g/mol. The number of unbranched alkanes of at least 4 members (excludes halogenated alkanes) is 1. The van der Waals surface area contributed by atoms with Gasteiger partial charge in [-0.2, -0.15) is 0 Å². The molecule has 1 heterocycles. The van der Waals surface area contributed by atoms with E-state index in [1.807, 2.05) is 6.92 Å². The van der Waals surface area contributed by atoms with Crippen LogP contribution < -0.4 is 0 Å². The zero-order valence-corrected chi connectivity index (χ0v) is 9.65. The van der Waals surface area contributed by atoms with E-state index in [9.17, 15) is 9.59 Å². The van der Waals surface area contributed by atoms with E-state index in [1.165, 1.54) is 4.90 Å². The first kappa shape index (κ1) is 12.8. The molecule has 0 aromatic carbocycles. The zero-order valence-electron chi connectivity index (χ0n) is 9.65. The Balaban J connectivity index is 2.47. The van der Waals surface area contributed by atoms with Crippen molar-refractivity contribution in [2.75, 3.05) is 13.2 Å². The molecule has 0 radical (unpaired) electrons. The molecule has 0 unspecified atom stereocenters. The van der Waals surface area contributed by atoms with E-state index in [0.29, 0.717) is 19.6 Å². The maximum absolute atomic E-state index is 11.6. The van der Waals surface area contributed by atoms with Crippen molar-refractivity contribution in [3.8, 4) is 0 Å². The van der Waals surface area contributed by atoms with E-state index < -0.39 is 18.1 Å². The summed E-state index contributed by atoms with van der Waals surface area (Å²) in [5.74, 6) is -0.938. The number of rotatable bonds is 4. The minimum atomic E-state index is -0.938. The number of aliphatic carboxylic acids is 1. The molecule has 0 aliphatic carbocycles. The van der Waals surface area contributed by atoms with Crippen molar-refractivity contribution in [1.82, 2.24) is 4.90 Å². The Morgan fingerprint density at radius 1 is 1.44 bits per heavy atom. The van der Waals surface area contributed by atoms with Crippen molar-refractivity contribution in [3.05, 3.63) is 0 Å². The molecule has 1 aliphatic heterocycles. The van der Waals surface area contributed by atoms with Crippen molar-refractivity contribution in [2.45, 2.75) is 45.1 Å². The number of nitrogens with zero attached hydrogens (tertiary/aromatic N) is 1. The SMILES string of the molecule is CCCCOC(=O)N1CCCC[C@@H]1C(=O)O. The Kier molecular flexibility index (Phi) is 5.08. The van der Waals surface area contributed by atoms with Crippen LogP contribution in [0.4, 0.5) is 4.79 Å². The maximum atomic E-state index is 11.6. The van der Waals surface area contributed by atoms with Gasteiger partial charge < -0.3 is 9.84 Å². The number of likely N-dealkylation sites (tertiary alicyclic amines) is 1. The second kappa shape index (κ2) is 6.35. The molecule has 1 rings (SSSR count). The number of carbonyl (C=O) groups is 2. The van der Waals surface area contributed by atoms with Gasteiger partial charge in [0.1, 0.15) is 6.04 Å². The second-order valence-electron chi connectivity index (χ2n) is 4.01. The predicted molar refractivity (Wildman–Crippen MR) is 58.2 cm³/mol. The largest absolute Gasteiger partial charge is 0.480 e. The molecular formula is C11H19NO4. The van der Waals surface area contributed by atoms with Gasteiger partial charge in [0, 0.05) is 6.54 Å². The Morgan fingerprint density at radius 2 is 2.19 bits per heavy atom. The van der Waals surface area contributed by atoms with Gasteiger partial charge in [-0.15, -0.1) is 0 Å². The summed E-state index contributed by atoms with van der Waals surface area (Å²) in [6, 6.07) is -0.706. The summed E-state index contributed by atoms with van der Waals surface area (Å²) in [7, 11) is 0. The fourth-order valence-electron chi connectivity index (χ4n) is 1.79. The Labute approximate surface area is 95.4 Å². The lowest BCUT2D eigenvalue weighted by Crippen LogP contribution is -2.48. The third kappa shape index (κ3) is 3.40. The molecule has 92 valence electrons. The van der Waals surface area contributed by atoms with Gasteiger partial charge in [-0.3, -0.25) is 4.90 Å². The smallest absolute Gasteiger partial charge is 0.410 e. The predicted octanol–water partition coefficient (Wildman–Crippen LogP) is 1.86. The van der Waals surface area contributed by atoms with E-state index in [1.54, 1.807) is 0 Å². The van der Waals surface area contributed by atoms with Crippen molar-refractivity contribution >= 4 is 12.1 Å². The van der Waals surface area contributed by atoms with Gasteiger partial charge in [-0.1, -0.05) is 13.3 Å². The van der Waals surface area contributed by atoms with E-state index in [0.717, 1.165) is 25.7 Å². The third-order valence-electron chi connectivity index (χ3n) is 2.75. The molecule has 1 amide bonds. The van der Waals surface area contributed by atoms with Gasteiger partial charge >= 0.3 is 12.1 Å². The summed E-state index contributed by atoms with van der Waals surface area (Å²) in [6.07, 6.45) is 3.52. The highest BCUT2D eigenvalue weighted by atomic mass is 16.6. The highest BCUT2D eigenvalue weighted by molar-refractivity contribution is 5.80. The Bertz CT molecular complexity index is 254. The van der Waals surface area contributed by atoms with Crippen molar-refractivity contribution in [3.63, 3.8) is 0 Å². The molecule has 0 saturated carbocycles. The van der Waals surface area contributed by atoms with Crippen LogP contribution in [0.5, 0.6) is 0 Å². The summed E-state index contributed by atoms with van der Waals surface area (Å²) >= 11 is 0. The van der Waals surface area contributed by atoms with Crippen molar-refractivity contribution in [2.24, 2.45) is 0 Å². The monoisotopic (exact) mass is 229 g/mol. The van der Waals surface area contributed by atoms with Gasteiger partial charge in [0.2, 0.25) is 0 Å². The number of hydrogen-bond donors (Lipinski definition) is 1. The molecule has 5 heteroatoms. The average molecular weight is 229 g/mol. The lowest BCUT2D eigenvalue weighted by molar-refractivity contribution is -0.143. The molecule has 16 heavy (non-hydrogen) atoms. The van der Waals surface area contributed by atoms with Crippen LogP contribution in [0.2, 0.25) is 0 Å². The fourth-order valence-corrected chi connectivity index (χ4v) is 1.79. The molecule has 0 aromatic rings. The van der Waals surface area contributed by atoms with Crippen LogP contribution in [0, 0.1) is 0 Å². The molecule has 1 N–H and O–H groups in total. The topological polar surface area (TPSA) is 66.8 Å². The second-order valence-corrected chi connectivity index (χ2v) is 4.01. The van der Waals surface area contributed by atoms with E-state index in [2.05, 4.69) is 0 Å². The maximum Gasteiger partial charge on any atom is 0.410 e. The number of carbonyl (C=O) groups excluding carboxylic acids is 1. The summed E-state index contributed by atoms with van der Waals surface area (Å²) in [5.41, 5.74) is 0. The molecule has 0 bridgehead atoms. The molecule has 1 fully saturated rings. The number of carboxylic acid groups (broad SMARTS) is 1. The molecule has 1 atom stereocenters. The quantitative estimate of drug-likeness (QED) is 0.747. The van der Waals surface area contributed by atoms with Gasteiger partial charge in [-0.05, 0) is 25.7 Å². The summed E-state index contributed by atoms with van der Waals surface area (Å²) in [6.45, 7) is 2.87. The standard InChI is InChI=1S/C11H19NO4/c1-2-3-8-16-11(15)12-7-5-4-6-9(12)10(13)14/h9H,2-8H2,1H3,(H,13,14)/t9-/m1/s1. The minimum absolute atomic E-state index is 0.373. The first-order chi connectivity index (χ1) is 7.66. The lowest BCUT2D eigenvalue weighted by atomic mass is 10.0. The molecule has 0 aromatic heterocycles. The van der Waals surface area contributed by atoms with Crippen LogP contribution in [0.1, 0.15) is 39.0 Å².